The van der Waals surface area contributed by atoms with Gasteiger partial charge in [0.25, 0.3) is 0 Å². The number of aryl methyl sites for hydroxylation is 1. The number of esters is 1. The number of halogens is 2. The predicted octanol–water partition coefficient (Wildman–Crippen LogP) is 3.51. The number of hydrogen-bond acceptors (Lipinski definition) is 2. The number of nitrogens with zero attached hydrogens (tertiary/aromatic N) is 1. The molecule has 0 spiro atoms. The van der Waals surface area contributed by atoms with Gasteiger partial charge in [0.15, 0.2) is 0 Å². The molecule has 0 aliphatic rings. The van der Waals surface area contributed by atoms with Crippen molar-refractivity contribution in [1.82, 2.24) is 4.57 Å². The van der Waals surface area contributed by atoms with E-state index >= 15 is 0 Å². The zero-order valence-corrected chi connectivity index (χ0v) is 10.8. The largest absolute Gasteiger partial charge is 0.469 e. The molecule has 2 rings (SSSR count). The molecule has 90 valence electrons. The van der Waals surface area contributed by atoms with E-state index in [0.29, 0.717) is 23.0 Å². The van der Waals surface area contributed by atoms with Gasteiger partial charge in [0.05, 0.1) is 24.1 Å². The summed E-state index contributed by atoms with van der Waals surface area (Å²) < 4.78 is 6.54. The summed E-state index contributed by atoms with van der Waals surface area (Å²) in [4.78, 5) is 11.1. The van der Waals surface area contributed by atoms with E-state index in [0.717, 1.165) is 10.9 Å². The van der Waals surface area contributed by atoms with Crippen LogP contribution in [-0.2, 0) is 16.1 Å². The molecule has 0 aliphatic heterocycles. The van der Waals surface area contributed by atoms with E-state index in [1.807, 2.05) is 22.9 Å². The third kappa shape index (κ3) is 2.56. The second kappa shape index (κ2) is 4.98. The molecule has 1 aromatic heterocycles. The van der Waals surface area contributed by atoms with Crippen LogP contribution in [0.3, 0.4) is 0 Å². The first kappa shape index (κ1) is 12.3. The Morgan fingerprint density at radius 1 is 1.41 bits per heavy atom. The van der Waals surface area contributed by atoms with Crippen LogP contribution in [0.25, 0.3) is 10.9 Å². The number of rotatable bonds is 3. The van der Waals surface area contributed by atoms with Gasteiger partial charge >= 0.3 is 5.97 Å². The van der Waals surface area contributed by atoms with Crippen LogP contribution in [-0.4, -0.2) is 17.6 Å². The third-order valence-corrected chi connectivity index (χ3v) is 3.12. The first-order valence-corrected chi connectivity index (χ1v) is 5.88. The van der Waals surface area contributed by atoms with Crippen molar-refractivity contribution >= 4 is 40.1 Å². The molecule has 2 aromatic rings. The Bertz CT molecular complexity index is 563. The summed E-state index contributed by atoms with van der Waals surface area (Å²) >= 11 is 12.0. The summed E-state index contributed by atoms with van der Waals surface area (Å²) in [5.41, 5.74) is 0.923. The van der Waals surface area contributed by atoms with Gasteiger partial charge in [-0.15, -0.1) is 0 Å². The molecule has 0 saturated carbocycles. The van der Waals surface area contributed by atoms with Gasteiger partial charge in [0, 0.05) is 23.2 Å². The van der Waals surface area contributed by atoms with Crippen LogP contribution in [0.15, 0.2) is 24.4 Å². The van der Waals surface area contributed by atoms with Crippen molar-refractivity contribution in [2.24, 2.45) is 0 Å². The Kier molecular flexibility index (Phi) is 3.60. The van der Waals surface area contributed by atoms with E-state index in [1.165, 1.54) is 7.11 Å². The average Bonchev–Trinajstić information content (AvgIpc) is 2.69. The molecule has 0 fully saturated rings. The maximum atomic E-state index is 11.1. The molecule has 17 heavy (non-hydrogen) atoms. The third-order valence-electron chi connectivity index (χ3n) is 2.59. The summed E-state index contributed by atoms with van der Waals surface area (Å²) in [5.74, 6) is -0.236. The van der Waals surface area contributed by atoms with Crippen LogP contribution in [0, 0.1) is 0 Å². The molecule has 0 unspecified atom stereocenters. The first-order chi connectivity index (χ1) is 8.11. The normalized spacial score (nSPS) is 10.8. The Balaban J connectivity index is 2.32. The average molecular weight is 272 g/mol. The van der Waals surface area contributed by atoms with E-state index in [2.05, 4.69) is 4.74 Å². The highest BCUT2D eigenvalue weighted by molar-refractivity contribution is 6.38. The topological polar surface area (TPSA) is 31.2 Å². The van der Waals surface area contributed by atoms with Gasteiger partial charge < -0.3 is 9.30 Å². The molecule has 0 atom stereocenters. The number of benzene rings is 1. The molecule has 0 aliphatic carbocycles. The van der Waals surface area contributed by atoms with E-state index < -0.39 is 0 Å². The van der Waals surface area contributed by atoms with Gasteiger partial charge in [0.1, 0.15) is 0 Å². The van der Waals surface area contributed by atoms with Crippen LogP contribution in [0.1, 0.15) is 6.42 Å². The maximum Gasteiger partial charge on any atom is 0.307 e. The van der Waals surface area contributed by atoms with Crippen molar-refractivity contribution in [3.8, 4) is 0 Å². The Morgan fingerprint density at radius 2 is 2.18 bits per heavy atom. The lowest BCUT2D eigenvalue weighted by molar-refractivity contribution is -0.140. The van der Waals surface area contributed by atoms with Crippen molar-refractivity contribution in [2.75, 3.05) is 7.11 Å². The van der Waals surface area contributed by atoms with Gasteiger partial charge in [-0.3, -0.25) is 4.79 Å². The van der Waals surface area contributed by atoms with E-state index in [-0.39, 0.29) is 5.97 Å². The van der Waals surface area contributed by atoms with E-state index in [1.54, 1.807) is 6.07 Å². The van der Waals surface area contributed by atoms with Gasteiger partial charge in [-0.2, -0.15) is 0 Å². The van der Waals surface area contributed by atoms with Crippen molar-refractivity contribution in [1.29, 1.82) is 0 Å². The summed E-state index contributed by atoms with van der Waals surface area (Å²) in [6, 6.07) is 5.45. The van der Waals surface area contributed by atoms with Crippen molar-refractivity contribution in [2.45, 2.75) is 13.0 Å². The number of methoxy groups -OCH3 is 1. The summed E-state index contributed by atoms with van der Waals surface area (Å²) in [5, 5.41) is 2.13. The maximum absolute atomic E-state index is 11.1. The fourth-order valence-electron chi connectivity index (χ4n) is 1.73. The molecule has 5 heteroatoms. The Labute approximate surface area is 109 Å². The molecule has 3 nitrogen and oxygen atoms in total. The molecular weight excluding hydrogens is 261 g/mol. The van der Waals surface area contributed by atoms with Crippen LogP contribution >= 0.6 is 23.2 Å². The molecular formula is C12H11Cl2NO2. The molecule has 0 N–H and O–H groups in total. The number of ether oxygens (including phenoxy) is 1. The highest BCUT2D eigenvalue weighted by atomic mass is 35.5. The van der Waals surface area contributed by atoms with Crippen LogP contribution in [0.2, 0.25) is 10.0 Å². The van der Waals surface area contributed by atoms with Crippen molar-refractivity contribution in [3.63, 3.8) is 0 Å². The van der Waals surface area contributed by atoms with Gasteiger partial charge in [-0.05, 0) is 18.2 Å². The van der Waals surface area contributed by atoms with Crippen LogP contribution in [0.4, 0.5) is 0 Å². The molecule has 0 bridgehead atoms. The highest BCUT2D eigenvalue weighted by Crippen LogP contribution is 2.28. The highest BCUT2D eigenvalue weighted by Gasteiger charge is 2.08. The molecule has 0 saturated heterocycles. The first-order valence-electron chi connectivity index (χ1n) is 5.12. The smallest absolute Gasteiger partial charge is 0.307 e. The van der Waals surface area contributed by atoms with E-state index in [9.17, 15) is 4.79 Å². The van der Waals surface area contributed by atoms with E-state index in [4.69, 9.17) is 23.2 Å². The van der Waals surface area contributed by atoms with Gasteiger partial charge in [0.2, 0.25) is 0 Å². The van der Waals surface area contributed by atoms with Crippen molar-refractivity contribution < 1.29 is 9.53 Å². The zero-order valence-electron chi connectivity index (χ0n) is 9.24. The van der Waals surface area contributed by atoms with Crippen LogP contribution in [0.5, 0.6) is 0 Å². The number of hydrogen-bond donors (Lipinski definition) is 0. The fourth-order valence-corrected chi connectivity index (χ4v) is 2.27. The number of carbonyl (C=O) groups excluding carboxylic acids is 1. The lowest BCUT2D eigenvalue weighted by Crippen LogP contribution is -2.06. The lowest BCUT2D eigenvalue weighted by Gasteiger charge is -2.05. The monoisotopic (exact) mass is 271 g/mol. The predicted molar refractivity (Wildman–Crippen MR) is 68.6 cm³/mol. The summed E-state index contributed by atoms with van der Waals surface area (Å²) in [6.45, 7) is 0.548. The lowest BCUT2D eigenvalue weighted by atomic mass is 10.2. The minimum atomic E-state index is -0.236. The fraction of sp³-hybridized carbons (Fsp3) is 0.250. The van der Waals surface area contributed by atoms with Gasteiger partial charge in [-0.1, -0.05) is 23.2 Å². The minimum Gasteiger partial charge on any atom is -0.469 e. The quantitative estimate of drug-likeness (QED) is 0.800. The minimum absolute atomic E-state index is 0.236. The number of carbonyl (C=O) groups is 1. The molecule has 0 amide bonds. The molecule has 1 heterocycles. The van der Waals surface area contributed by atoms with Gasteiger partial charge in [-0.25, -0.2) is 0 Å². The van der Waals surface area contributed by atoms with Crippen molar-refractivity contribution in [3.05, 3.63) is 34.4 Å². The Hall–Kier alpha value is -1.19. The number of fused-ring (bicyclic) bond motifs is 1. The summed E-state index contributed by atoms with van der Waals surface area (Å²) in [7, 11) is 1.38. The standard InChI is InChI=1S/C12H11Cl2NO2/c1-17-12(16)3-5-15-4-2-9-10(14)6-8(13)7-11(9)15/h2,4,6-7H,3,5H2,1H3. The number of aromatic nitrogens is 1. The zero-order chi connectivity index (χ0) is 12.4. The summed E-state index contributed by atoms with van der Waals surface area (Å²) in [6.07, 6.45) is 2.21. The molecule has 0 radical (unpaired) electrons. The second-order valence-corrected chi connectivity index (χ2v) is 4.50. The van der Waals surface area contributed by atoms with Crippen LogP contribution < -0.4 is 0 Å². The second-order valence-electron chi connectivity index (χ2n) is 3.66. The molecule has 1 aromatic carbocycles. The Morgan fingerprint density at radius 3 is 2.88 bits per heavy atom. The SMILES string of the molecule is COC(=O)CCn1ccc2c(Cl)cc(Cl)cc21.